The second kappa shape index (κ2) is 5.85. The van der Waals surface area contributed by atoms with E-state index in [1.165, 1.54) is 6.07 Å². The van der Waals surface area contributed by atoms with Crippen LogP contribution in [0.2, 0.25) is 0 Å². The predicted octanol–water partition coefficient (Wildman–Crippen LogP) is 1.95. The summed E-state index contributed by atoms with van der Waals surface area (Å²) in [6.45, 7) is 4.58. The van der Waals surface area contributed by atoms with Crippen LogP contribution in [0.4, 0.5) is 11.5 Å². The van der Waals surface area contributed by atoms with Crippen molar-refractivity contribution in [3.8, 4) is 0 Å². The number of pyridine rings is 1. The number of carbonyl (C=O) groups excluding carboxylic acids is 1. The quantitative estimate of drug-likeness (QED) is 0.612. The molecular formula is C13H18N4O3. The monoisotopic (exact) mass is 278 g/mol. The van der Waals surface area contributed by atoms with Gasteiger partial charge in [-0.1, -0.05) is 13.3 Å². The Bertz CT molecular complexity index is 532. The summed E-state index contributed by atoms with van der Waals surface area (Å²) in [5.41, 5.74) is -0.208. The molecule has 2 N–H and O–H groups in total. The summed E-state index contributed by atoms with van der Waals surface area (Å²) in [7, 11) is 0. The minimum Gasteiger partial charge on any atom is -0.370 e. The molecule has 0 saturated heterocycles. The summed E-state index contributed by atoms with van der Waals surface area (Å²) >= 11 is 0. The molecule has 0 aliphatic heterocycles. The zero-order valence-corrected chi connectivity index (χ0v) is 11.5. The van der Waals surface area contributed by atoms with Crippen LogP contribution >= 0.6 is 0 Å². The molecule has 2 atom stereocenters. The van der Waals surface area contributed by atoms with Crippen molar-refractivity contribution in [1.82, 2.24) is 10.3 Å². The number of hydrogen-bond donors (Lipinski definition) is 2. The standard InChI is InChI=1S/C13H18N4O3/c1-3-8-5-10(8)16-13(18)9-6-12(14-4-2)15-7-11(9)17(19)20/h6-8,10H,3-5H2,1-2H3,(H,14,15)(H,16,18). The summed E-state index contributed by atoms with van der Waals surface area (Å²) in [5.74, 6) is 0.554. The van der Waals surface area contributed by atoms with Crippen molar-refractivity contribution < 1.29 is 9.72 Å². The third kappa shape index (κ3) is 3.04. The molecule has 0 spiro atoms. The van der Waals surface area contributed by atoms with E-state index < -0.39 is 10.8 Å². The van der Waals surface area contributed by atoms with E-state index in [0.717, 1.165) is 19.0 Å². The normalized spacial score (nSPS) is 20.3. The fourth-order valence-corrected chi connectivity index (χ4v) is 2.18. The molecule has 2 rings (SSSR count). The Kier molecular flexibility index (Phi) is 4.16. The molecule has 1 aromatic rings. The van der Waals surface area contributed by atoms with Gasteiger partial charge in [0.15, 0.2) is 0 Å². The highest BCUT2D eigenvalue weighted by Gasteiger charge is 2.37. The summed E-state index contributed by atoms with van der Waals surface area (Å²) in [4.78, 5) is 26.5. The minimum atomic E-state index is -0.582. The minimum absolute atomic E-state index is 0.0581. The fourth-order valence-electron chi connectivity index (χ4n) is 2.18. The highest BCUT2D eigenvalue weighted by molar-refractivity contribution is 5.99. The molecule has 0 aromatic carbocycles. The first-order chi connectivity index (χ1) is 9.56. The van der Waals surface area contributed by atoms with Gasteiger partial charge in [0.05, 0.1) is 4.92 Å². The SMILES string of the molecule is CCNc1cc(C(=O)NC2CC2CC)c([N+](=O)[O-])cn1. The van der Waals surface area contributed by atoms with Crippen LogP contribution in [0.1, 0.15) is 37.0 Å². The smallest absolute Gasteiger partial charge is 0.300 e. The van der Waals surface area contributed by atoms with E-state index in [2.05, 4.69) is 22.5 Å². The fraction of sp³-hybridized carbons (Fsp3) is 0.538. The van der Waals surface area contributed by atoms with Gasteiger partial charge in [-0.3, -0.25) is 14.9 Å². The van der Waals surface area contributed by atoms with Gasteiger partial charge < -0.3 is 10.6 Å². The number of nitro groups is 1. The first-order valence-corrected chi connectivity index (χ1v) is 6.76. The predicted molar refractivity (Wildman–Crippen MR) is 74.7 cm³/mol. The number of nitrogens with zero attached hydrogens (tertiary/aromatic N) is 2. The van der Waals surface area contributed by atoms with Gasteiger partial charge in [0.1, 0.15) is 17.6 Å². The van der Waals surface area contributed by atoms with Crippen LogP contribution < -0.4 is 10.6 Å². The van der Waals surface area contributed by atoms with E-state index in [1.807, 2.05) is 6.92 Å². The van der Waals surface area contributed by atoms with Crippen LogP contribution in [-0.2, 0) is 0 Å². The number of rotatable bonds is 6. The maximum Gasteiger partial charge on any atom is 0.300 e. The molecule has 108 valence electrons. The average Bonchev–Trinajstić information content (AvgIpc) is 3.17. The molecule has 1 fully saturated rings. The van der Waals surface area contributed by atoms with Crippen LogP contribution in [0.25, 0.3) is 0 Å². The van der Waals surface area contributed by atoms with Crippen molar-refractivity contribution in [1.29, 1.82) is 0 Å². The molecule has 1 heterocycles. The molecule has 1 aliphatic rings. The molecule has 20 heavy (non-hydrogen) atoms. The molecule has 0 bridgehead atoms. The molecule has 1 aliphatic carbocycles. The molecule has 0 radical (unpaired) electrons. The van der Waals surface area contributed by atoms with Crippen molar-refractivity contribution in [3.05, 3.63) is 27.9 Å². The highest BCUT2D eigenvalue weighted by atomic mass is 16.6. The Labute approximate surface area is 116 Å². The number of anilines is 1. The van der Waals surface area contributed by atoms with Crippen LogP contribution in [-0.4, -0.2) is 28.4 Å². The third-order valence-corrected chi connectivity index (χ3v) is 3.45. The van der Waals surface area contributed by atoms with Crippen molar-refractivity contribution in [3.63, 3.8) is 0 Å². The Hall–Kier alpha value is -2.18. The lowest BCUT2D eigenvalue weighted by molar-refractivity contribution is -0.385. The lowest BCUT2D eigenvalue weighted by atomic mass is 10.2. The van der Waals surface area contributed by atoms with E-state index in [0.29, 0.717) is 18.3 Å². The first-order valence-electron chi connectivity index (χ1n) is 6.76. The van der Waals surface area contributed by atoms with E-state index in [9.17, 15) is 14.9 Å². The van der Waals surface area contributed by atoms with E-state index >= 15 is 0 Å². The maximum atomic E-state index is 12.2. The number of carbonyl (C=O) groups is 1. The Morgan fingerprint density at radius 1 is 1.55 bits per heavy atom. The summed E-state index contributed by atoms with van der Waals surface area (Å²) in [5, 5.41) is 16.8. The lowest BCUT2D eigenvalue weighted by Gasteiger charge is -2.07. The molecule has 1 aromatic heterocycles. The van der Waals surface area contributed by atoms with Crippen molar-refractivity contribution >= 4 is 17.4 Å². The third-order valence-electron chi connectivity index (χ3n) is 3.45. The molecule has 1 saturated carbocycles. The van der Waals surface area contributed by atoms with Gasteiger partial charge in [-0.2, -0.15) is 0 Å². The first kappa shape index (κ1) is 14.2. The second-order valence-electron chi connectivity index (χ2n) is 4.86. The van der Waals surface area contributed by atoms with Crippen LogP contribution in [0.5, 0.6) is 0 Å². The zero-order valence-electron chi connectivity index (χ0n) is 11.5. The maximum absolute atomic E-state index is 12.2. The van der Waals surface area contributed by atoms with Crippen molar-refractivity contribution in [2.45, 2.75) is 32.7 Å². The Morgan fingerprint density at radius 2 is 2.30 bits per heavy atom. The van der Waals surface area contributed by atoms with Gasteiger partial charge in [-0.15, -0.1) is 0 Å². The largest absolute Gasteiger partial charge is 0.370 e. The topological polar surface area (TPSA) is 97.2 Å². The van der Waals surface area contributed by atoms with E-state index in [-0.39, 0.29) is 17.3 Å². The summed E-state index contributed by atoms with van der Waals surface area (Å²) in [6, 6.07) is 1.57. The Morgan fingerprint density at radius 3 is 2.85 bits per heavy atom. The number of amides is 1. The number of hydrogen-bond acceptors (Lipinski definition) is 5. The van der Waals surface area contributed by atoms with Gasteiger partial charge in [0.2, 0.25) is 0 Å². The molecule has 7 nitrogen and oxygen atoms in total. The zero-order chi connectivity index (χ0) is 14.7. The van der Waals surface area contributed by atoms with E-state index in [1.54, 1.807) is 0 Å². The van der Waals surface area contributed by atoms with Gasteiger partial charge in [0.25, 0.3) is 11.6 Å². The van der Waals surface area contributed by atoms with Crippen LogP contribution in [0.3, 0.4) is 0 Å². The second-order valence-corrected chi connectivity index (χ2v) is 4.86. The molecule has 2 unspecified atom stereocenters. The van der Waals surface area contributed by atoms with E-state index in [4.69, 9.17) is 0 Å². The summed E-state index contributed by atoms with van der Waals surface area (Å²) in [6.07, 6.45) is 3.07. The van der Waals surface area contributed by atoms with Crippen molar-refractivity contribution in [2.75, 3.05) is 11.9 Å². The van der Waals surface area contributed by atoms with Crippen LogP contribution in [0.15, 0.2) is 12.3 Å². The molecular weight excluding hydrogens is 260 g/mol. The van der Waals surface area contributed by atoms with Gasteiger partial charge in [-0.25, -0.2) is 4.98 Å². The summed E-state index contributed by atoms with van der Waals surface area (Å²) < 4.78 is 0. The van der Waals surface area contributed by atoms with Crippen molar-refractivity contribution in [2.24, 2.45) is 5.92 Å². The van der Waals surface area contributed by atoms with Gasteiger partial charge >= 0.3 is 0 Å². The number of nitrogens with one attached hydrogen (secondary N) is 2. The lowest BCUT2D eigenvalue weighted by Crippen LogP contribution is -2.27. The molecule has 7 heteroatoms. The van der Waals surface area contributed by atoms with Gasteiger partial charge in [0, 0.05) is 18.7 Å². The molecule has 1 amide bonds. The Balaban J connectivity index is 2.20. The number of aromatic nitrogens is 1. The van der Waals surface area contributed by atoms with Crippen LogP contribution in [0, 0.1) is 16.0 Å². The highest BCUT2D eigenvalue weighted by Crippen LogP contribution is 2.33. The van der Waals surface area contributed by atoms with Gasteiger partial charge in [-0.05, 0) is 19.3 Å². The average molecular weight is 278 g/mol.